The molecule has 1 fully saturated rings. The number of hydrogen-bond acceptors (Lipinski definition) is 7. The first-order valence-corrected chi connectivity index (χ1v) is 13.2. The van der Waals surface area contributed by atoms with Crippen LogP contribution in [0.4, 0.5) is 4.79 Å². The SMILES string of the molecule is Cc1oc(-c2ccccc2)nc1CCOc1cccc(C(=O)N2CCN(C(=O)Oc3ccccc3)CC2C(=O)O)c1. The quantitative estimate of drug-likeness (QED) is 0.333. The number of hydrogen-bond donors (Lipinski definition) is 1. The Balaban J connectivity index is 1.20. The number of nitrogens with zero attached hydrogens (tertiary/aromatic N) is 3. The standard InChI is InChI=1S/C31H29N3O7/c1-21-26(32-28(40-21)22-9-4-2-5-10-22)15-18-39-25-14-8-11-23(19-25)29(35)34-17-16-33(20-27(34)30(36)37)31(38)41-24-12-6-3-7-13-24/h2-14,19,27H,15-18,20H2,1H3,(H,36,37). The topological polar surface area (TPSA) is 122 Å². The lowest BCUT2D eigenvalue weighted by Gasteiger charge is -2.38. The van der Waals surface area contributed by atoms with Gasteiger partial charge < -0.3 is 28.8 Å². The second-order valence-electron chi connectivity index (χ2n) is 9.49. The van der Waals surface area contributed by atoms with E-state index in [9.17, 15) is 19.5 Å². The van der Waals surface area contributed by atoms with Crippen molar-refractivity contribution in [2.45, 2.75) is 19.4 Å². The van der Waals surface area contributed by atoms with Gasteiger partial charge in [0.05, 0.1) is 18.8 Å². The molecule has 0 radical (unpaired) electrons. The van der Waals surface area contributed by atoms with Crippen LogP contribution in [0.3, 0.4) is 0 Å². The summed E-state index contributed by atoms with van der Waals surface area (Å²) in [5.74, 6) is 0.418. The molecule has 1 aliphatic rings. The van der Waals surface area contributed by atoms with Crippen molar-refractivity contribution in [1.29, 1.82) is 0 Å². The zero-order chi connectivity index (χ0) is 28.8. The van der Waals surface area contributed by atoms with Crippen LogP contribution < -0.4 is 9.47 Å². The van der Waals surface area contributed by atoms with E-state index in [4.69, 9.17) is 13.9 Å². The van der Waals surface area contributed by atoms with E-state index in [0.29, 0.717) is 36.2 Å². The van der Waals surface area contributed by atoms with E-state index < -0.39 is 24.0 Å². The molecule has 1 saturated heterocycles. The third kappa shape index (κ3) is 6.55. The van der Waals surface area contributed by atoms with Gasteiger partial charge in [-0.15, -0.1) is 0 Å². The fourth-order valence-electron chi connectivity index (χ4n) is 4.57. The number of piperazine rings is 1. The molecule has 2 amide bonds. The molecular weight excluding hydrogens is 526 g/mol. The Morgan fingerprint density at radius 1 is 0.951 bits per heavy atom. The number of benzene rings is 3. The van der Waals surface area contributed by atoms with Crippen LogP contribution in [-0.2, 0) is 11.2 Å². The largest absolute Gasteiger partial charge is 0.493 e. The zero-order valence-corrected chi connectivity index (χ0v) is 22.4. The van der Waals surface area contributed by atoms with Crippen molar-refractivity contribution in [3.05, 3.63) is 102 Å². The van der Waals surface area contributed by atoms with Gasteiger partial charge in [-0.3, -0.25) is 4.79 Å². The van der Waals surface area contributed by atoms with Gasteiger partial charge in [-0.25, -0.2) is 14.6 Å². The summed E-state index contributed by atoms with van der Waals surface area (Å²) in [4.78, 5) is 45.2. The van der Waals surface area contributed by atoms with Crippen LogP contribution in [0.25, 0.3) is 11.5 Å². The first-order chi connectivity index (χ1) is 19.9. The van der Waals surface area contributed by atoms with Crippen LogP contribution in [0, 0.1) is 6.92 Å². The van der Waals surface area contributed by atoms with Crippen LogP contribution in [-0.4, -0.2) is 70.1 Å². The van der Waals surface area contributed by atoms with Gasteiger partial charge in [0, 0.05) is 30.6 Å². The number of rotatable bonds is 8. The van der Waals surface area contributed by atoms with Crippen LogP contribution in [0.2, 0.25) is 0 Å². The summed E-state index contributed by atoms with van der Waals surface area (Å²) in [6, 6.07) is 23.5. The van der Waals surface area contributed by atoms with Crippen molar-refractivity contribution in [3.8, 4) is 23.0 Å². The number of aromatic nitrogens is 1. The predicted molar refractivity (Wildman–Crippen MR) is 149 cm³/mol. The van der Waals surface area contributed by atoms with Crippen molar-refractivity contribution >= 4 is 18.0 Å². The molecule has 210 valence electrons. The van der Waals surface area contributed by atoms with Crippen LogP contribution >= 0.6 is 0 Å². The second-order valence-corrected chi connectivity index (χ2v) is 9.49. The molecule has 1 aromatic heterocycles. The lowest BCUT2D eigenvalue weighted by molar-refractivity contribution is -0.144. The Hall–Kier alpha value is -5.12. The molecule has 2 heterocycles. The van der Waals surface area contributed by atoms with Crippen molar-refractivity contribution in [3.63, 3.8) is 0 Å². The fraction of sp³-hybridized carbons (Fsp3) is 0.226. The van der Waals surface area contributed by atoms with E-state index in [0.717, 1.165) is 11.3 Å². The third-order valence-electron chi connectivity index (χ3n) is 6.73. The molecule has 1 N–H and O–H groups in total. The molecule has 10 heteroatoms. The number of aliphatic carboxylic acids is 1. The summed E-state index contributed by atoms with van der Waals surface area (Å²) in [5, 5.41) is 9.86. The van der Waals surface area contributed by atoms with Gasteiger partial charge in [0.2, 0.25) is 5.89 Å². The van der Waals surface area contributed by atoms with Gasteiger partial charge in [-0.05, 0) is 49.4 Å². The van der Waals surface area contributed by atoms with Gasteiger partial charge in [0.25, 0.3) is 5.91 Å². The Morgan fingerprint density at radius 3 is 2.39 bits per heavy atom. The number of carboxylic acid groups (broad SMARTS) is 1. The van der Waals surface area contributed by atoms with E-state index in [1.54, 1.807) is 54.6 Å². The number of aryl methyl sites for hydroxylation is 1. The minimum atomic E-state index is -1.22. The average Bonchev–Trinajstić information content (AvgIpc) is 3.37. The molecule has 5 rings (SSSR count). The van der Waals surface area contributed by atoms with Crippen LogP contribution in [0.1, 0.15) is 21.8 Å². The van der Waals surface area contributed by atoms with Gasteiger partial charge in [-0.1, -0.05) is 42.5 Å². The molecular formula is C31H29N3O7. The summed E-state index contributed by atoms with van der Waals surface area (Å²) < 4.78 is 17.0. The lowest BCUT2D eigenvalue weighted by Crippen LogP contribution is -2.59. The first-order valence-electron chi connectivity index (χ1n) is 13.2. The molecule has 1 atom stereocenters. The highest BCUT2D eigenvalue weighted by Gasteiger charge is 2.38. The smallest absolute Gasteiger partial charge is 0.415 e. The number of carboxylic acids is 1. The minimum absolute atomic E-state index is 0.0416. The average molecular weight is 556 g/mol. The van der Waals surface area contributed by atoms with Crippen molar-refractivity contribution < 1.29 is 33.4 Å². The monoisotopic (exact) mass is 555 g/mol. The van der Waals surface area contributed by atoms with E-state index in [2.05, 4.69) is 4.98 Å². The normalized spacial score (nSPS) is 14.9. The maximum Gasteiger partial charge on any atom is 0.415 e. The molecule has 1 unspecified atom stereocenters. The van der Waals surface area contributed by atoms with Crippen LogP contribution in [0.15, 0.2) is 89.3 Å². The zero-order valence-electron chi connectivity index (χ0n) is 22.4. The minimum Gasteiger partial charge on any atom is -0.493 e. The van der Waals surface area contributed by atoms with Crippen LogP contribution in [0.5, 0.6) is 11.5 Å². The maximum atomic E-state index is 13.4. The lowest BCUT2D eigenvalue weighted by atomic mass is 10.1. The molecule has 41 heavy (non-hydrogen) atoms. The second kappa shape index (κ2) is 12.4. The van der Waals surface area contributed by atoms with E-state index in [-0.39, 0.29) is 25.2 Å². The van der Waals surface area contributed by atoms with Crippen molar-refractivity contribution in [1.82, 2.24) is 14.8 Å². The summed E-state index contributed by atoms with van der Waals surface area (Å²) in [6.45, 7) is 2.15. The number of oxazole rings is 1. The summed E-state index contributed by atoms with van der Waals surface area (Å²) >= 11 is 0. The number of carbonyl (C=O) groups is 3. The maximum absolute atomic E-state index is 13.4. The highest BCUT2D eigenvalue weighted by molar-refractivity contribution is 5.97. The van der Waals surface area contributed by atoms with Crippen molar-refractivity contribution in [2.24, 2.45) is 0 Å². The Morgan fingerprint density at radius 2 is 1.66 bits per heavy atom. The molecule has 4 aromatic rings. The number of ether oxygens (including phenoxy) is 2. The fourth-order valence-corrected chi connectivity index (χ4v) is 4.57. The van der Waals surface area contributed by atoms with Gasteiger partial charge >= 0.3 is 12.1 Å². The Labute approximate surface area is 236 Å². The number of carbonyl (C=O) groups excluding carboxylic acids is 2. The summed E-state index contributed by atoms with van der Waals surface area (Å²) in [7, 11) is 0. The number of amides is 2. The first kappa shape index (κ1) is 27.4. The highest BCUT2D eigenvalue weighted by atomic mass is 16.6. The number of para-hydroxylation sites is 1. The predicted octanol–water partition coefficient (Wildman–Crippen LogP) is 4.68. The molecule has 3 aromatic carbocycles. The molecule has 0 bridgehead atoms. The summed E-state index contributed by atoms with van der Waals surface area (Å²) in [5.41, 5.74) is 1.96. The van der Waals surface area contributed by atoms with E-state index >= 15 is 0 Å². The van der Waals surface area contributed by atoms with Crippen molar-refractivity contribution in [2.75, 3.05) is 26.2 Å². The Bertz CT molecular complexity index is 1520. The van der Waals surface area contributed by atoms with Gasteiger partial charge in [-0.2, -0.15) is 0 Å². The summed E-state index contributed by atoms with van der Waals surface area (Å²) in [6.07, 6.45) is -0.161. The van der Waals surface area contributed by atoms with E-state index in [1.807, 2.05) is 37.3 Å². The highest BCUT2D eigenvalue weighted by Crippen LogP contribution is 2.23. The third-order valence-corrected chi connectivity index (χ3v) is 6.73. The molecule has 0 aliphatic carbocycles. The molecule has 1 aliphatic heterocycles. The Kier molecular flexibility index (Phi) is 8.28. The molecule has 0 spiro atoms. The van der Waals surface area contributed by atoms with Gasteiger partial charge in [0.15, 0.2) is 0 Å². The van der Waals surface area contributed by atoms with Gasteiger partial charge in [0.1, 0.15) is 23.3 Å². The van der Waals surface area contributed by atoms with E-state index in [1.165, 1.54) is 9.80 Å². The molecule has 0 saturated carbocycles. The molecule has 10 nitrogen and oxygen atoms in total.